The van der Waals surface area contributed by atoms with Gasteiger partial charge in [0.25, 0.3) is 0 Å². The molecule has 21 heavy (non-hydrogen) atoms. The van der Waals surface area contributed by atoms with Crippen molar-refractivity contribution in [1.29, 1.82) is 0 Å². The number of hydrogen-bond donors (Lipinski definition) is 0. The molecule has 0 saturated carbocycles. The molecule has 4 nitrogen and oxygen atoms in total. The van der Waals surface area contributed by atoms with Crippen molar-refractivity contribution in [1.82, 2.24) is 4.98 Å². The predicted octanol–water partition coefficient (Wildman–Crippen LogP) is 3.46. The maximum absolute atomic E-state index is 13.9. The zero-order chi connectivity index (χ0) is 15.4. The zero-order valence-corrected chi connectivity index (χ0v) is 12.1. The van der Waals surface area contributed by atoms with E-state index in [2.05, 4.69) is 4.98 Å². The Hall–Kier alpha value is -2.43. The Balaban J connectivity index is 2.36. The van der Waals surface area contributed by atoms with Gasteiger partial charge in [-0.3, -0.25) is 0 Å². The minimum absolute atomic E-state index is 0.0796. The number of carbonyl (C=O) groups excluding carboxylic acids is 1. The van der Waals surface area contributed by atoms with E-state index in [9.17, 15) is 9.18 Å². The molecule has 2 rings (SSSR count). The van der Waals surface area contributed by atoms with E-state index in [-0.39, 0.29) is 17.5 Å². The third kappa shape index (κ3) is 3.56. The number of benzene rings is 1. The molecule has 0 saturated heterocycles. The van der Waals surface area contributed by atoms with Crippen molar-refractivity contribution in [2.24, 2.45) is 0 Å². The third-order valence-electron chi connectivity index (χ3n) is 2.76. The molecule has 0 aliphatic carbocycles. The molecule has 0 bridgehead atoms. The van der Waals surface area contributed by atoms with Crippen LogP contribution in [0.25, 0.3) is 11.3 Å². The van der Waals surface area contributed by atoms with Crippen LogP contribution >= 0.6 is 0 Å². The Morgan fingerprint density at radius 3 is 2.38 bits per heavy atom. The maximum atomic E-state index is 13.9. The average Bonchev–Trinajstić information content (AvgIpc) is 2.47. The van der Waals surface area contributed by atoms with Crippen LogP contribution in [-0.2, 0) is 4.74 Å². The van der Waals surface area contributed by atoms with Crippen molar-refractivity contribution in [3.8, 4) is 17.0 Å². The SMILES string of the molecule is COc1ccc(-c2nc(C(=O)OC(C)C)ccc2F)cc1. The fourth-order valence-corrected chi connectivity index (χ4v) is 1.78. The summed E-state index contributed by atoms with van der Waals surface area (Å²) in [6.07, 6.45) is -0.256. The molecule has 2 aromatic rings. The third-order valence-corrected chi connectivity index (χ3v) is 2.76. The predicted molar refractivity (Wildman–Crippen MR) is 76.7 cm³/mol. The van der Waals surface area contributed by atoms with Crippen LogP contribution < -0.4 is 4.74 Å². The van der Waals surface area contributed by atoms with E-state index in [4.69, 9.17) is 9.47 Å². The Bertz CT molecular complexity index is 638. The van der Waals surface area contributed by atoms with E-state index in [1.165, 1.54) is 12.1 Å². The van der Waals surface area contributed by atoms with Crippen molar-refractivity contribution < 1.29 is 18.7 Å². The van der Waals surface area contributed by atoms with Crippen molar-refractivity contribution in [3.63, 3.8) is 0 Å². The second-order valence-electron chi connectivity index (χ2n) is 4.71. The number of pyridine rings is 1. The van der Waals surface area contributed by atoms with Crippen molar-refractivity contribution in [3.05, 3.63) is 47.9 Å². The topological polar surface area (TPSA) is 48.4 Å². The lowest BCUT2D eigenvalue weighted by molar-refractivity contribution is 0.0371. The summed E-state index contributed by atoms with van der Waals surface area (Å²) in [7, 11) is 1.55. The summed E-state index contributed by atoms with van der Waals surface area (Å²) in [5.41, 5.74) is 0.749. The van der Waals surface area contributed by atoms with Gasteiger partial charge in [-0.1, -0.05) is 0 Å². The molecule has 0 amide bonds. The molecule has 1 aromatic heterocycles. The van der Waals surface area contributed by atoms with Gasteiger partial charge in [0.2, 0.25) is 0 Å². The maximum Gasteiger partial charge on any atom is 0.357 e. The normalized spacial score (nSPS) is 10.5. The number of ether oxygens (including phenoxy) is 2. The summed E-state index contributed by atoms with van der Waals surface area (Å²) in [6, 6.07) is 9.30. The number of hydrogen-bond acceptors (Lipinski definition) is 4. The average molecular weight is 289 g/mol. The molecule has 1 heterocycles. The molecule has 1 aromatic carbocycles. The van der Waals surface area contributed by atoms with Gasteiger partial charge in [-0.2, -0.15) is 0 Å². The summed E-state index contributed by atoms with van der Waals surface area (Å²) in [5, 5.41) is 0. The van der Waals surface area contributed by atoms with E-state index in [1.807, 2.05) is 0 Å². The van der Waals surface area contributed by atoms with Crippen LogP contribution in [0, 0.1) is 5.82 Å². The molecular weight excluding hydrogens is 273 g/mol. The van der Waals surface area contributed by atoms with Crippen molar-refractivity contribution >= 4 is 5.97 Å². The molecule has 0 aliphatic heterocycles. The Labute approximate surface area is 122 Å². The smallest absolute Gasteiger partial charge is 0.357 e. The number of nitrogens with zero attached hydrogens (tertiary/aromatic N) is 1. The second-order valence-corrected chi connectivity index (χ2v) is 4.71. The quantitative estimate of drug-likeness (QED) is 0.809. The molecule has 0 N–H and O–H groups in total. The molecule has 0 unspecified atom stereocenters. The summed E-state index contributed by atoms with van der Waals surface area (Å²) in [5.74, 6) is -0.407. The number of esters is 1. The van der Waals surface area contributed by atoms with Gasteiger partial charge in [0.1, 0.15) is 23.0 Å². The van der Waals surface area contributed by atoms with Gasteiger partial charge >= 0.3 is 5.97 Å². The molecule has 0 atom stereocenters. The van der Waals surface area contributed by atoms with E-state index in [1.54, 1.807) is 45.2 Å². The van der Waals surface area contributed by atoms with Crippen LogP contribution in [0.3, 0.4) is 0 Å². The summed E-state index contributed by atoms with van der Waals surface area (Å²) in [6.45, 7) is 3.48. The highest BCUT2D eigenvalue weighted by molar-refractivity contribution is 5.88. The molecular formula is C16H16FNO3. The second kappa shape index (κ2) is 6.35. The highest BCUT2D eigenvalue weighted by Gasteiger charge is 2.15. The molecule has 5 heteroatoms. The number of rotatable bonds is 4. The molecule has 110 valence electrons. The fraction of sp³-hybridized carbons (Fsp3) is 0.250. The standard InChI is InChI=1S/C16H16FNO3/c1-10(2)21-16(19)14-9-8-13(17)15(18-14)11-4-6-12(20-3)7-5-11/h4-10H,1-3H3. The van der Waals surface area contributed by atoms with Crippen LogP contribution in [0.2, 0.25) is 0 Å². The lowest BCUT2D eigenvalue weighted by Gasteiger charge is -2.09. The summed E-state index contributed by atoms with van der Waals surface area (Å²) in [4.78, 5) is 15.9. The van der Waals surface area contributed by atoms with E-state index < -0.39 is 11.8 Å². The van der Waals surface area contributed by atoms with E-state index in [0.29, 0.717) is 11.3 Å². The summed E-state index contributed by atoms with van der Waals surface area (Å²) < 4.78 is 24.0. The van der Waals surface area contributed by atoms with Crippen LogP contribution in [0.15, 0.2) is 36.4 Å². The van der Waals surface area contributed by atoms with E-state index >= 15 is 0 Å². The van der Waals surface area contributed by atoms with Gasteiger partial charge in [-0.25, -0.2) is 14.2 Å². The first-order valence-electron chi connectivity index (χ1n) is 6.53. The number of halogens is 1. The number of carbonyl (C=O) groups is 1. The minimum atomic E-state index is -0.570. The highest BCUT2D eigenvalue weighted by atomic mass is 19.1. The molecule has 0 aliphatic rings. The monoisotopic (exact) mass is 289 g/mol. The lowest BCUT2D eigenvalue weighted by atomic mass is 10.1. The van der Waals surface area contributed by atoms with Gasteiger partial charge in [0, 0.05) is 5.56 Å². The van der Waals surface area contributed by atoms with Crippen LogP contribution in [0.4, 0.5) is 4.39 Å². The Morgan fingerprint density at radius 2 is 1.81 bits per heavy atom. The minimum Gasteiger partial charge on any atom is -0.497 e. The first-order valence-corrected chi connectivity index (χ1v) is 6.53. The lowest BCUT2D eigenvalue weighted by Crippen LogP contribution is -2.13. The number of aromatic nitrogens is 1. The van der Waals surface area contributed by atoms with E-state index in [0.717, 1.165) is 0 Å². The van der Waals surface area contributed by atoms with Gasteiger partial charge in [0.05, 0.1) is 13.2 Å². The zero-order valence-electron chi connectivity index (χ0n) is 12.1. The first kappa shape index (κ1) is 15.0. The summed E-state index contributed by atoms with van der Waals surface area (Å²) >= 11 is 0. The molecule has 0 radical (unpaired) electrons. The molecule has 0 fully saturated rings. The number of methoxy groups -OCH3 is 1. The van der Waals surface area contributed by atoms with Gasteiger partial charge < -0.3 is 9.47 Å². The highest BCUT2D eigenvalue weighted by Crippen LogP contribution is 2.23. The van der Waals surface area contributed by atoms with Gasteiger partial charge in [-0.05, 0) is 50.2 Å². The fourth-order valence-electron chi connectivity index (χ4n) is 1.78. The van der Waals surface area contributed by atoms with Crippen LogP contribution in [0.1, 0.15) is 24.3 Å². The van der Waals surface area contributed by atoms with Crippen LogP contribution in [-0.4, -0.2) is 24.2 Å². The van der Waals surface area contributed by atoms with Crippen molar-refractivity contribution in [2.75, 3.05) is 7.11 Å². The largest absolute Gasteiger partial charge is 0.497 e. The van der Waals surface area contributed by atoms with Crippen LogP contribution in [0.5, 0.6) is 5.75 Å². The first-order chi connectivity index (χ1) is 10.0. The Kier molecular flexibility index (Phi) is 4.52. The molecule has 0 spiro atoms. The van der Waals surface area contributed by atoms with Gasteiger partial charge in [0.15, 0.2) is 0 Å². The Morgan fingerprint density at radius 1 is 1.14 bits per heavy atom. The van der Waals surface area contributed by atoms with Crippen molar-refractivity contribution in [2.45, 2.75) is 20.0 Å². The van der Waals surface area contributed by atoms with Gasteiger partial charge in [-0.15, -0.1) is 0 Å².